The fourth-order valence-electron chi connectivity index (χ4n) is 2.31. The van der Waals surface area contributed by atoms with Crippen molar-refractivity contribution in [3.63, 3.8) is 0 Å². The van der Waals surface area contributed by atoms with Crippen molar-refractivity contribution in [3.05, 3.63) is 0 Å². The van der Waals surface area contributed by atoms with Crippen LogP contribution in [0.1, 0.15) is 82.1 Å². The molecule has 0 atom stereocenters. The van der Waals surface area contributed by atoms with Crippen molar-refractivity contribution in [3.8, 4) is 0 Å². The van der Waals surface area contributed by atoms with E-state index in [1.165, 1.54) is 0 Å². The quantitative estimate of drug-likeness (QED) is 0.398. The summed E-state index contributed by atoms with van der Waals surface area (Å²) < 4.78 is 22.3. The molecule has 0 aliphatic heterocycles. The zero-order valence-electron chi connectivity index (χ0n) is 18.2. The molecule has 0 fully saturated rings. The van der Waals surface area contributed by atoms with E-state index in [1.807, 2.05) is 41.5 Å². The van der Waals surface area contributed by atoms with Crippen molar-refractivity contribution in [2.45, 2.75) is 105 Å². The molecule has 0 spiro atoms. The second kappa shape index (κ2) is 9.70. The Morgan fingerprint density at radius 2 is 1.38 bits per heavy atom. The molecule has 0 aromatic carbocycles. The monoisotopic (exact) mass is 374 g/mol. The highest BCUT2D eigenvalue weighted by Crippen LogP contribution is 2.23. The standard InChI is InChI=1S/C20H38O6/c1-14(2)17(22)26-18(5,6)11-12-23-19(7,8)13-16(21)25-20(9,10)24-15(3)4/h14-15H,11-13H2,1-10H3. The normalized spacial score (nSPS) is 13.2. The molecule has 0 bridgehead atoms. The van der Waals surface area contributed by atoms with Crippen LogP contribution in [0, 0.1) is 5.92 Å². The minimum Gasteiger partial charge on any atom is -0.459 e. The topological polar surface area (TPSA) is 71.1 Å². The molecule has 0 unspecified atom stereocenters. The summed E-state index contributed by atoms with van der Waals surface area (Å²) in [4.78, 5) is 23.9. The number of esters is 2. The Bertz CT molecular complexity index is 463. The second-order valence-electron chi connectivity index (χ2n) is 8.91. The number of carbonyl (C=O) groups is 2. The predicted octanol–water partition coefficient (Wildman–Crippen LogP) is 4.24. The van der Waals surface area contributed by atoms with Gasteiger partial charge in [0, 0.05) is 20.3 Å². The lowest BCUT2D eigenvalue weighted by atomic mass is 10.0. The van der Waals surface area contributed by atoms with Crippen molar-refractivity contribution in [2.24, 2.45) is 5.92 Å². The van der Waals surface area contributed by atoms with Crippen LogP contribution in [0.2, 0.25) is 0 Å². The van der Waals surface area contributed by atoms with Gasteiger partial charge in [-0.3, -0.25) is 9.59 Å². The van der Waals surface area contributed by atoms with Crippen LogP contribution in [0.5, 0.6) is 0 Å². The highest BCUT2D eigenvalue weighted by Gasteiger charge is 2.31. The third-order valence-corrected chi connectivity index (χ3v) is 3.49. The van der Waals surface area contributed by atoms with Gasteiger partial charge in [-0.2, -0.15) is 0 Å². The highest BCUT2D eigenvalue weighted by molar-refractivity contribution is 5.72. The van der Waals surface area contributed by atoms with E-state index in [1.54, 1.807) is 27.7 Å². The molecule has 154 valence electrons. The maximum atomic E-state index is 12.2. The van der Waals surface area contributed by atoms with Gasteiger partial charge in [0.2, 0.25) is 5.79 Å². The largest absolute Gasteiger partial charge is 0.459 e. The zero-order chi connectivity index (χ0) is 20.8. The molecule has 6 nitrogen and oxygen atoms in total. The van der Waals surface area contributed by atoms with Gasteiger partial charge < -0.3 is 18.9 Å². The third kappa shape index (κ3) is 11.5. The van der Waals surface area contributed by atoms with Gasteiger partial charge in [-0.05, 0) is 41.5 Å². The maximum Gasteiger partial charge on any atom is 0.311 e. The van der Waals surface area contributed by atoms with E-state index in [4.69, 9.17) is 18.9 Å². The van der Waals surface area contributed by atoms with E-state index >= 15 is 0 Å². The Balaban J connectivity index is 4.44. The van der Waals surface area contributed by atoms with E-state index < -0.39 is 17.0 Å². The van der Waals surface area contributed by atoms with E-state index in [-0.39, 0.29) is 30.4 Å². The summed E-state index contributed by atoms with van der Waals surface area (Å²) in [6.45, 7) is 18.5. The van der Waals surface area contributed by atoms with Crippen LogP contribution in [0.3, 0.4) is 0 Å². The molecule has 0 aromatic heterocycles. The molecule has 6 heteroatoms. The van der Waals surface area contributed by atoms with E-state index in [2.05, 4.69) is 0 Å². The molecule has 0 rings (SSSR count). The third-order valence-electron chi connectivity index (χ3n) is 3.49. The number of hydrogen-bond acceptors (Lipinski definition) is 6. The first-order chi connectivity index (χ1) is 11.6. The first kappa shape index (κ1) is 24.9. The molecular formula is C20H38O6. The number of rotatable bonds is 11. The SMILES string of the molecule is CC(C)OC(C)(C)OC(=O)CC(C)(C)OCCC(C)(C)OC(=O)C(C)C. The Morgan fingerprint density at radius 3 is 1.85 bits per heavy atom. The van der Waals surface area contributed by atoms with Crippen molar-refractivity contribution >= 4 is 11.9 Å². The molecule has 0 aromatic rings. The summed E-state index contributed by atoms with van der Waals surface area (Å²) >= 11 is 0. The van der Waals surface area contributed by atoms with Gasteiger partial charge in [-0.1, -0.05) is 13.8 Å². The van der Waals surface area contributed by atoms with Crippen molar-refractivity contribution in [1.29, 1.82) is 0 Å². The summed E-state index contributed by atoms with van der Waals surface area (Å²) in [5.41, 5.74) is -1.31. The summed E-state index contributed by atoms with van der Waals surface area (Å²) in [7, 11) is 0. The molecule has 0 radical (unpaired) electrons. The Kier molecular flexibility index (Phi) is 9.27. The van der Waals surface area contributed by atoms with Gasteiger partial charge in [0.15, 0.2) is 0 Å². The Hall–Kier alpha value is -1.14. The lowest BCUT2D eigenvalue weighted by Gasteiger charge is -2.31. The van der Waals surface area contributed by atoms with Crippen LogP contribution in [-0.2, 0) is 28.5 Å². The first-order valence-electron chi connectivity index (χ1n) is 9.32. The van der Waals surface area contributed by atoms with E-state index in [9.17, 15) is 9.59 Å². The van der Waals surface area contributed by atoms with Gasteiger partial charge in [-0.25, -0.2) is 0 Å². The lowest BCUT2D eigenvalue weighted by molar-refractivity contribution is -0.230. The number of hydrogen-bond donors (Lipinski definition) is 0. The van der Waals surface area contributed by atoms with Crippen LogP contribution in [0.15, 0.2) is 0 Å². The minimum atomic E-state index is -0.978. The van der Waals surface area contributed by atoms with Crippen LogP contribution in [0.25, 0.3) is 0 Å². The van der Waals surface area contributed by atoms with Crippen LogP contribution < -0.4 is 0 Å². The van der Waals surface area contributed by atoms with Gasteiger partial charge in [0.05, 0.1) is 30.7 Å². The molecule has 0 N–H and O–H groups in total. The van der Waals surface area contributed by atoms with Crippen LogP contribution in [0.4, 0.5) is 0 Å². The predicted molar refractivity (Wildman–Crippen MR) is 101 cm³/mol. The number of ether oxygens (including phenoxy) is 4. The fourth-order valence-corrected chi connectivity index (χ4v) is 2.31. The summed E-state index contributed by atoms with van der Waals surface area (Å²) in [6, 6.07) is 0. The Morgan fingerprint density at radius 1 is 0.846 bits per heavy atom. The molecule has 0 saturated carbocycles. The zero-order valence-corrected chi connectivity index (χ0v) is 18.2. The van der Waals surface area contributed by atoms with Gasteiger partial charge in [0.1, 0.15) is 5.60 Å². The van der Waals surface area contributed by atoms with Crippen molar-refractivity contribution in [2.75, 3.05) is 6.61 Å². The lowest BCUT2D eigenvalue weighted by Crippen LogP contribution is -2.38. The smallest absolute Gasteiger partial charge is 0.311 e. The molecule has 0 amide bonds. The molecule has 0 aliphatic carbocycles. The second-order valence-corrected chi connectivity index (χ2v) is 8.91. The first-order valence-corrected chi connectivity index (χ1v) is 9.32. The number of carbonyl (C=O) groups excluding carboxylic acids is 2. The van der Waals surface area contributed by atoms with Gasteiger partial charge in [0.25, 0.3) is 0 Å². The van der Waals surface area contributed by atoms with E-state index in [0.717, 1.165) is 0 Å². The van der Waals surface area contributed by atoms with Gasteiger partial charge in [-0.15, -0.1) is 0 Å². The molecule has 26 heavy (non-hydrogen) atoms. The van der Waals surface area contributed by atoms with Crippen molar-refractivity contribution < 1.29 is 28.5 Å². The summed E-state index contributed by atoms with van der Waals surface area (Å²) in [5, 5.41) is 0. The molecule has 0 saturated heterocycles. The minimum absolute atomic E-state index is 0.0437. The van der Waals surface area contributed by atoms with Gasteiger partial charge >= 0.3 is 11.9 Å². The van der Waals surface area contributed by atoms with Crippen LogP contribution >= 0.6 is 0 Å². The summed E-state index contributed by atoms with van der Waals surface area (Å²) in [6.07, 6.45) is 0.591. The maximum absolute atomic E-state index is 12.2. The van der Waals surface area contributed by atoms with Crippen LogP contribution in [-0.4, -0.2) is 41.6 Å². The highest BCUT2D eigenvalue weighted by atomic mass is 16.7. The fraction of sp³-hybridized carbons (Fsp3) is 0.900. The average Bonchev–Trinajstić information content (AvgIpc) is 2.33. The van der Waals surface area contributed by atoms with E-state index in [0.29, 0.717) is 13.0 Å². The Labute approximate surface area is 158 Å². The molecule has 0 aliphatic rings. The average molecular weight is 375 g/mol. The molecular weight excluding hydrogens is 336 g/mol. The molecule has 0 heterocycles. The summed E-state index contributed by atoms with van der Waals surface area (Å²) in [5.74, 6) is -1.76. The van der Waals surface area contributed by atoms with Crippen molar-refractivity contribution in [1.82, 2.24) is 0 Å².